The van der Waals surface area contributed by atoms with Crippen LogP contribution in [0.3, 0.4) is 0 Å². The normalized spacial score (nSPS) is 23.8. The highest BCUT2D eigenvalue weighted by Gasteiger charge is 2.40. The summed E-state index contributed by atoms with van der Waals surface area (Å²) in [5, 5.41) is 0. The van der Waals surface area contributed by atoms with E-state index in [1.165, 1.54) is 16.8 Å². The lowest BCUT2D eigenvalue weighted by Gasteiger charge is -2.27. The maximum Gasteiger partial charge on any atom is 0.411 e. The Kier molecular flexibility index (Phi) is 4.66. The number of imidazole rings is 1. The lowest BCUT2D eigenvalue weighted by Crippen LogP contribution is -2.37. The van der Waals surface area contributed by atoms with Gasteiger partial charge < -0.3 is 14.5 Å². The second-order valence-electron chi connectivity index (χ2n) is 8.10. The molecule has 1 N–H and O–H groups in total. The van der Waals surface area contributed by atoms with Gasteiger partial charge in [-0.1, -0.05) is 5.57 Å². The fourth-order valence-electron chi connectivity index (χ4n) is 3.53. The third-order valence-electron chi connectivity index (χ3n) is 5.08. The van der Waals surface area contributed by atoms with Gasteiger partial charge in [0.25, 0.3) is 0 Å². The van der Waals surface area contributed by atoms with Crippen LogP contribution >= 0.6 is 0 Å². The van der Waals surface area contributed by atoms with Crippen molar-refractivity contribution in [3.63, 3.8) is 0 Å². The van der Waals surface area contributed by atoms with Gasteiger partial charge in [-0.3, -0.25) is 4.90 Å². The van der Waals surface area contributed by atoms with Gasteiger partial charge in [0, 0.05) is 19.2 Å². The van der Waals surface area contributed by atoms with Crippen molar-refractivity contribution in [3.05, 3.63) is 22.8 Å². The Hall–Kier alpha value is -1.82. The van der Waals surface area contributed by atoms with Crippen LogP contribution in [0.5, 0.6) is 0 Å². The summed E-state index contributed by atoms with van der Waals surface area (Å²) < 4.78 is 11.1. The van der Waals surface area contributed by atoms with Crippen LogP contribution in [-0.2, 0) is 15.9 Å². The van der Waals surface area contributed by atoms with Crippen LogP contribution in [0.1, 0.15) is 70.7 Å². The summed E-state index contributed by atoms with van der Waals surface area (Å²) in [7, 11) is 1.68. The van der Waals surface area contributed by atoms with E-state index in [1.807, 2.05) is 20.8 Å². The van der Waals surface area contributed by atoms with E-state index in [0.717, 1.165) is 30.8 Å². The highest BCUT2D eigenvalue weighted by atomic mass is 16.6. The number of aromatic amines is 1. The molecule has 0 aromatic carbocycles. The van der Waals surface area contributed by atoms with Crippen molar-refractivity contribution in [2.75, 3.05) is 13.7 Å². The average Bonchev–Trinajstić information content (AvgIpc) is 3.13. The minimum absolute atomic E-state index is 0.00183. The first-order valence-corrected chi connectivity index (χ1v) is 8.97. The molecule has 0 radical (unpaired) electrons. The third kappa shape index (κ3) is 3.59. The Morgan fingerprint density at radius 1 is 1.28 bits per heavy atom. The van der Waals surface area contributed by atoms with Crippen molar-refractivity contribution in [2.45, 2.75) is 71.6 Å². The second kappa shape index (κ2) is 6.48. The van der Waals surface area contributed by atoms with Crippen molar-refractivity contribution in [2.24, 2.45) is 0 Å². The van der Waals surface area contributed by atoms with E-state index in [9.17, 15) is 4.79 Å². The molecule has 1 amide bonds. The molecule has 138 valence electrons. The zero-order valence-corrected chi connectivity index (χ0v) is 16.1. The van der Waals surface area contributed by atoms with Crippen LogP contribution in [0.2, 0.25) is 0 Å². The number of nitrogens with one attached hydrogen (secondary N) is 1. The predicted molar refractivity (Wildman–Crippen MR) is 96.3 cm³/mol. The summed E-state index contributed by atoms with van der Waals surface area (Å²) in [5.41, 5.74) is 4.32. The number of aromatic nitrogens is 2. The smallest absolute Gasteiger partial charge is 0.411 e. The fraction of sp³-hybridized carbons (Fsp3) is 0.684. The zero-order chi connectivity index (χ0) is 18.4. The number of aryl methyl sites for hydroxylation is 1. The lowest BCUT2D eigenvalue weighted by atomic mass is 9.95. The van der Waals surface area contributed by atoms with Gasteiger partial charge >= 0.3 is 6.09 Å². The molecule has 2 unspecified atom stereocenters. The Morgan fingerprint density at radius 2 is 2.00 bits per heavy atom. The summed E-state index contributed by atoms with van der Waals surface area (Å²) in [4.78, 5) is 22.7. The number of carbonyl (C=O) groups excluding carboxylic acids is 1. The van der Waals surface area contributed by atoms with Crippen LogP contribution in [0, 0.1) is 0 Å². The highest BCUT2D eigenvalue weighted by Crippen LogP contribution is 2.36. The van der Waals surface area contributed by atoms with Crippen LogP contribution in [0.15, 0.2) is 5.57 Å². The summed E-state index contributed by atoms with van der Waals surface area (Å²) in [6, 6.07) is -0.140. The number of fused-ring (bicyclic) bond motifs is 1. The highest BCUT2D eigenvalue weighted by molar-refractivity contribution is 5.70. The molecule has 1 fully saturated rings. The van der Waals surface area contributed by atoms with Gasteiger partial charge in [-0.05, 0) is 53.0 Å². The van der Waals surface area contributed by atoms with Crippen LogP contribution < -0.4 is 0 Å². The van der Waals surface area contributed by atoms with Crippen LogP contribution in [0.25, 0.3) is 5.57 Å². The molecule has 0 bridgehead atoms. The Labute approximate surface area is 149 Å². The number of ether oxygens (including phenoxy) is 2. The molecule has 1 aromatic heterocycles. The third-order valence-corrected chi connectivity index (χ3v) is 5.08. The molecule has 3 rings (SSSR count). The average molecular weight is 347 g/mol. The summed E-state index contributed by atoms with van der Waals surface area (Å²) in [6.45, 7) is 10.5. The molecule has 6 nitrogen and oxygen atoms in total. The van der Waals surface area contributed by atoms with Gasteiger partial charge in [0.2, 0.25) is 0 Å². The maximum atomic E-state index is 12.7. The quantitative estimate of drug-likeness (QED) is 0.882. The molecule has 6 heteroatoms. The first-order chi connectivity index (χ1) is 11.7. The molecule has 0 saturated carbocycles. The van der Waals surface area contributed by atoms with Crippen LogP contribution in [0.4, 0.5) is 4.79 Å². The number of amides is 1. The summed E-state index contributed by atoms with van der Waals surface area (Å²) in [5.74, 6) is 0.837. The molecule has 1 saturated heterocycles. The van der Waals surface area contributed by atoms with Crippen molar-refractivity contribution in [1.82, 2.24) is 14.9 Å². The van der Waals surface area contributed by atoms with Crippen molar-refractivity contribution in [3.8, 4) is 0 Å². The minimum Gasteiger partial charge on any atom is -0.444 e. The van der Waals surface area contributed by atoms with E-state index in [2.05, 4.69) is 18.8 Å². The van der Waals surface area contributed by atoms with Crippen molar-refractivity contribution >= 4 is 11.7 Å². The molecule has 1 aromatic rings. The van der Waals surface area contributed by atoms with Gasteiger partial charge in [0.1, 0.15) is 11.4 Å². The minimum atomic E-state index is -0.522. The fourth-order valence-corrected chi connectivity index (χ4v) is 3.53. The van der Waals surface area contributed by atoms with Crippen LogP contribution in [-0.4, -0.2) is 46.3 Å². The summed E-state index contributed by atoms with van der Waals surface area (Å²) >= 11 is 0. The molecule has 2 heterocycles. The number of nitrogens with zero attached hydrogens (tertiary/aromatic N) is 2. The van der Waals surface area contributed by atoms with E-state index in [1.54, 1.807) is 12.0 Å². The lowest BCUT2D eigenvalue weighted by molar-refractivity contribution is 0.0190. The van der Waals surface area contributed by atoms with Crippen molar-refractivity contribution in [1.29, 1.82) is 0 Å². The van der Waals surface area contributed by atoms with Crippen molar-refractivity contribution < 1.29 is 14.3 Å². The Bertz CT molecular complexity index is 699. The topological polar surface area (TPSA) is 67.5 Å². The van der Waals surface area contributed by atoms with E-state index >= 15 is 0 Å². The molecular formula is C19H29N3O3. The summed E-state index contributed by atoms with van der Waals surface area (Å²) in [6.07, 6.45) is 2.44. The molecule has 25 heavy (non-hydrogen) atoms. The predicted octanol–water partition coefficient (Wildman–Crippen LogP) is 3.85. The monoisotopic (exact) mass is 347 g/mol. The molecular weight excluding hydrogens is 318 g/mol. The van der Waals surface area contributed by atoms with Gasteiger partial charge in [-0.2, -0.15) is 0 Å². The second-order valence-corrected chi connectivity index (χ2v) is 8.10. The number of likely N-dealkylation sites (tertiary alicyclic amines) is 1. The number of hydrogen-bond donors (Lipinski definition) is 1. The molecule has 2 aliphatic rings. The molecule has 1 aliphatic carbocycles. The van der Waals surface area contributed by atoms with Gasteiger partial charge in [-0.25, -0.2) is 9.78 Å². The SMILES string of the molecule is COC1CC(c2nc3c([nH]2)CCC(C)=C3C)N(C(=O)OC(C)(C)C)C1. The van der Waals surface area contributed by atoms with E-state index in [-0.39, 0.29) is 18.2 Å². The molecule has 1 aliphatic heterocycles. The number of hydrogen-bond acceptors (Lipinski definition) is 4. The van der Waals surface area contributed by atoms with E-state index < -0.39 is 5.60 Å². The standard InChI is InChI=1S/C19H29N3O3/c1-11-7-8-14-16(12(11)2)21-17(20-14)15-9-13(24-6)10-22(15)18(23)25-19(3,4)5/h13,15H,7-10H2,1-6H3,(H,20,21). The molecule has 2 atom stereocenters. The first-order valence-electron chi connectivity index (χ1n) is 8.97. The Morgan fingerprint density at radius 3 is 2.64 bits per heavy atom. The largest absolute Gasteiger partial charge is 0.444 e. The molecule has 0 spiro atoms. The number of allylic oxidation sites excluding steroid dienone is 2. The van der Waals surface area contributed by atoms with E-state index in [4.69, 9.17) is 14.5 Å². The maximum absolute atomic E-state index is 12.7. The number of H-pyrrole nitrogens is 1. The Balaban J connectivity index is 1.89. The number of rotatable bonds is 2. The van der Waals surface area contributed by atoms with E-state index in [0.29, 0.717) is 6.54 Å². The van der Waals surface area contributed by atoms with Gasteiger partial charge in [-0.15, -0.1) is 0 Å². The van der Waals surface area contributed by atoms with Gasteiger partial charge in [0.15, 0.2) is 0 Å². The first kappa shape index (κ1) is 18.0. The van der Waals surface area contributed by atoms with Gasteiger partial charge in [0.05, 0.1) is 24.4 Å². The number of carbonyl (C=O) groups is 1. The zero-order valence-electron chi connectivity index (χ0n) is 16.1. The number of methoxy groups -OCH3 is 1.